The number of allylic oxidation sites excluding steroid dienone is 3. The number of amides is 3. The number of hydrogen-bond donors (Lipinski definition) is 0. The van der Waals surface area contributed by atoms with E-state index in [1.807, 2.05) is 65.4 Å². The molecule has 9 nitrogen and oxygen atoms in total. The Morgan fingerprint density at radius 3 is 2.19 bits per heavy atom. The molecule has 294 valence electrons. The van der Waals surface area contributed by atoms with Crippen molar-refractivity contribution in [3.05, 3.63) is 81.6 Å². The fraction of sp³-hybridized carbons (Fsp3) is 0.581. The molecule has 2 saturated heterocycles. The average Bonchev–Trinajstić information content (AvgIpc) is 3.14. The number of benzene rings is 1. The van der Waals surface area contributed by atoms with Gasteiger partial charge in [0.25, 0.3) is 0 Å². The number of amidine groups is 1. The maximum atomic E-state index is 15.0. The second kappa shape index (κ2) is 18.0. The molecule has 3 aliphatic rings. The molecule has 54 heavy (non-hydrogen) atoms. The van der Waals surface area contributed by atoms with E-state index < -0.39 is 5.54 Å². The summed E-state index contributed by atoms with van der Waals surface area (Å²) in [5, 5.41) is 1.34. The number of nitrogens with zero attached hydrogens (tertiary/aromatic N) is 6. The molecule has 3 amide bonds. The minimum absolute atomic E-state index is 0.0433. The zero-order valence-electron chi connectivity index (χ0n) is 33.6. The van der Waals surface area contributed by atoms with Crippen molar-refractivity contribution in [1.82, 2.24) is 24.6 Å². The highest BCUT2D eigenvalue weighted by Crippen LogP contribution is 2.35. The topological polar surface area (TPSA) is 81.6 Å². The molecule has 11 heteroatoms. The fourth-order valence-corrected chi connectivity index (χ4v) is 7.83. The Morgan fingerprint density at radius 2 is 1.61 bits per heavy atom. The largest absolute Gasteiger partial charge is 0.493 e. The Balaban J connectivity index is 1.47. The number of aliphatic imine (C=N–C) groups is 1. The van der Waals surface area contributed by atoms with Gasteiger partial charge in [-0.25, -0.2) is 4.79 Å². The minimum Gasteiger partial charge on any atom is -0.493 e. The van der Waals surface area contributed by atoms with Crippen LogP contribution in [0.4, 0.5) is 4.79 Å². The number of pyridine rings is 1. The van der Waals surface area contributed by atoms with Crippen LogP contribution in [-0.4, -0.2) is 101 Å². The molecule has 0 bridgehead atoms. The summed E-state index contributed by atoms with van der Waals surface area (Å²) >= 11 is 12.6. The molecule has 3 heterocycles. The molecule has 1 atom stereocenters. The standard InChI is InChI=1S/C43H60Cl2N6O3/c1-9-54-37-27-38(42(2,3)4)46-28-36(37)40(47-43(5,6)32-12-16-34(45)17-13-32)51(29-31-10-14-33(44)15-11-31)41(53)50-22-18-30(19-23-50)26-39(52)49-24-20-35(21-25-49)48(7)8/h10-12,14-17,27-28,30,32,35H,9,13,18-26,29H2,1-8H3. The molecule has 0 spiro atoms. The SMILES string of the molecule is CCOc1cc(C(C)(C)C)ncc1C(=NC(C)(C)C1C=CC(Cl)=CC1)N(Cc1ccc(Cl)cc1)C(=O)N1CCC(CC(=O)N2CCC(N(C)C)CC2)CC1. The van der Waals surface area contributed by atoms with Crippen LogP contribution in [0.15, 0.2) is 64.8 Å². The predicted octanol–water partition coefficient (Wildman–Crippen LogP) is 8.93. The summed E-state index contributed by atoms with van der Waals surface area (Å²) in [5.41, 5.74) is 1.62. The van der Waals surface area contributed by atoms with E-state index in [2.05, 4.69) is 59.7 Å². The van der Waals surface area contributed by atoms with Crippen LogP contribution in [-0.2, 0) is 16.8 Å². The highest BCUT2D eigenvalue weighted by Gasteiger charge is 2.36. The molecule has 0 saturated carbocycles. The number of urea groups is 1. The molecule has 1 aromatic heterocycles. The Labute approximate surface area is 333 Å². The summed E-state index contributed by atoms with van der Waals surface area (Å²) in [5.74, 6) is 1.66. The molecule has 1 unspecified atom stereocenters. The maximum absolute atomic E-state index is 15.0. The first-order valence-electron chi connectivity index (χ1n) is 19.6. The Morgan fingerprint density at radius 1 is 0.963 bits per heavy atom. The van der Waals surface area contributed by atoms with Crippen molar-refractivity contribution in [2.45, 2.75) is 104 Å². The predicted molar refractivity (Wildman–Crippen MR) is 220 cm³/mol. The van der Waals surface area contributed by atoms with E-state index in [1.54, 1.807) is 4.90 Å². The van der Waals surface area contributed by atoms with Crippen molar-refractivity contribution < 1.29 is 14.3 Å². The van der Waals surface area contributed by atoms with E-state index in [1.165, 1.54) is 0 Å². The summed E-state index contributed by atoms with van der Waals surface area (Å²) in [7, 11) is 4.23. The molecule has 0 N–H and O–H groups in total. The van der Waals surface area contributed by atoms with E-state index in [0.29, 0.717) is 59.4 Å². The molecule has 1 aliphatic carbocycles. The minimum atomic E-state index is -0.626. The maximum Gasteiger partial charge on any atom is 0.325 e. The lowest BCUT2D eigenvalue weighted by Crippen LogP contribution is -2.50. The Hall–Kier alpha value is -3.40. The normalized spacial score (nSPS) is 19.3. The first-order valence-corrected chi connectivity index (χ1v) is 20.3. The molecular weight excluding hydrogens is 719 g/mol. The highest BCUT2D eigenvalue weighted by atomic mass is 35.5. The van der Waals surface area contributed by atoms with Crippen molar-refractivity contribution in [3.63, 3.8) is 0 Å². The van der Waals surface area contributed by atoms with E-state index in [0.717, 1.165) is 56.5 Å². The molecule has 2 aromatic rings. The summed E-state index contributed by atoms with van der Waals surface area (Å²) in [6.07, 6.45) is 12.7. The fourth-order valence-electron chi connectivity index (χ4n) is 7.54. The second-order valence-electron chi connectivity index (χ2n) is 16.8. The van der Waals surface area contributed by atoms with Gasteiger partial charge in [-0.05, 0) is 96.7 Å². The van der Waals surface area contributed by atoms with Gasteiger partial charge in [-0.1, -0.05) is 68.3 Å². The summed E-state index contributed by atoms with van der Waals surface area (Å²) < 4.78 is 6.32. The van der Waals surface area contributed by atoms with Crippen LogP contribution in [0.1, 0.15) is 96.9 Å². The Kier molecular flexibility index (Phi) is 13.9. The van der Waals surface area contributed by atoms with Crippen LogP contribution in [0, 0.1) is 11.8 Å². The third-order valence-electron chi connectivity index (χ3n) is 11.2. The van der Waals surface area contributed by atoms with Crippen LogP contribution in [0.5, 0.6) is 5.75 Å². The van der Waals surface area contributed by atoms with Crippen LogP contribution >= 0.6 is 23.2 Å². The lowest BCUT2D eigenvalue weighted by molar-refractivity contribution is -0.134. The van der Waals surface area contributed by atoms with Gasteiger partial charge in [0.1, 0.15) is 11.6 Å². The van der Waals surface area contributed by atoms with Gasteiger partial charge in [0.15, 0.2) is 0 Å². The van der Waals surface area contributed by atoms with Crippen molar-refractivity contribution >= 4 is 41.0 Å². The number of halogens is 2. The molecule has 2 fully saturated rings. The van der Waals surface area contributed by atoms with E-state index >= 15 is 4.79 Å². The molecule has 5 rings (SSSR count). The second-order valence-corrected chi connectivity index (χ2v) is 17.7. The lowest BCUT2D eigenvalue weighted by Gasteiger charge is -2.39. The first kappa shape index (κ1) is 41.8. The number of hydrogen-bond acceptors (Lipinski definition) is 6. The van der Waals surface area contributed by atoms with Crippen molar-refractivity contribution in [1.29, 1.82) is 0 Å². The number of rotatable bonds is 10. The van der Waals surface area contributed by atoms with E-state index in [4.69, 9.17) is 37.9 Å². The van der Waals surface area contributed by atoms with Gasteiger partial charge >= 0.3 is 6.03 Å². The first-order chi connectivity index (χ1) is 25.5. The highest BCUT2D eigenvalue weighted by molar-refractivity contribution is 6.31. The van der Waals surface area contributed by atoms with Gasteiger partial charge in [0.05, 0.1) is 24.3 Å². The van der Waals surface area contributed by atoms with Crippen molar-refractivity contribution in [2.75, 3.05) is 46.9 Å². The Bertz CT molecular complexity index is 1700. The van der Waals surface area contributed by atoms with Gasteiger partial charge in [-0.15, -0.1) is 0 Å². The smallest absolute Gasteiger partial charge is 0.325 e. The summed E-state index contributed by atoms with van der Waals surface area (Å²) in [6.45, 7) is 16.0. The molecule has 0 radical (unpaired) electrons. The number of carbonyl (C=O) groups excluding carboxylic acids is 2. The van der Waals surface area contributed by atoms with Gasteiger partial charge in [-0.3, -0.25) is 19.7 Å². The molecular formula is C43H60Cl2N6O3. The van der Waals surface area contributed by atoms with Gasteiger partial charge in [0.2, 0.25) is 5.91 Å². The zero-order chi connectivity index (χ0) is 39.2. The summed E-state index contributed by atoms with van der Waals surface area (Å²) in [6, 6.07) is 9.97. The summed E-state index contributed by atoms with van der Waals surface area (Å²) in [4.78, 5) is 46.8. The van der Waals surface area contributed by atoms with Gasteiger partial charge < -0.3 is 19.4 Å². The van der Waals surface area contributed by atoms with E-state index in [9.17, 15) is 4.79 Å². The van der Waals surface area contributed by atoms with Crippen molar-refractivity contribution in [2.24, 2.45) is 16.8 Å². The third-order valence-corrected chi connectivity index (χ3v) is 11.7. The average molecular weight is 780 g/mol. The van der Waals surface area contributed by atoms with Gasteiger partial charge in [-0.2, -0.15) is 0 Å². The van der Waals surface area contributed by atoms with E-state index in [-0.39, 0.29) is 35.7 Å². The number of piperidine rings is 2. The van der Waals surface area contributed by atoms with Crippen molar-refractivity contribution in [3.8, 4) is 5.75 Å². The van der Waals surface area contributed by atoms with Crippen LogP contribution in [0.2, 0.25) is 5.02 Å². The molecule has 1 aromatic carbocycles. The number of carbonyl (C=O) groups is 2. The molecule has 2 aliphatic heterocycles. The monoisotopic (exact) mass is 778 g/mol. The lowest BCUT2D eigenvalue weighted by atomic mass is 9.83. The third kappa shape index (κ3) is 10.7. The van der Waals surface area contributed by atoms with Crippen LogP contribution < -0.4 is 4.74 Å². The van der Waals surface area contributed by atoms with Crippen LogP contribution in [0.3, 0.4) is 0 Å². The quantitative estimate of drug-likeness (QED) is 0.178. The number of aromatic nitrogens is 1. The van der Waals surface area contributed by atoms with Gasteiger partial charge in [0, 0.05) is 78.0 Å². The van der Waals surface area contributed by atoms with Crippen LogP contribution in [0.25, 0.3) is 0 Å². The zero-order valence-corrected chi connectivity index (χ0v) is 35.1. The number of likely N-dealkylation sites (tertiary alicyclic amines) is 2. The number of ether oxygens (including phenoxy) is 1.